The molecule has 0 saturated heterocycles. The molecule has 4 rings (SSSR count). The molecule has 3 fully saturated rings. The van der Waals surface area contributed by atoms with Crippen molar-refractivity contribution in [3.8, 4) is 0 Å². The number of thiophene rings is 1. The van der Waals surface area contributed by atoms with Crippen molar-refractivity contribution in [2.24, 2.45) is 40.7 Å². The van der Waals surface area contributed by atoms with E-state index in [1.807, 2.05) is 6.07 Å². The molecule has 0 aliphatic heterocycles. The Kier molecular flexibility index (Phi) is 5.45. The van der Waals surface area contributed by atoms with Crippen LogP contribution in [0.4, 0.5) is 0 Å². The maximum absolute atomic E-state index is 11.6. The molecule has 1 aromatic rings. The summed E-state index contributed by atoms with van der Waals surface area (Å²) in [6.07, 6.45) is 6.20. The summed E-state index contributed by atoms with van der Waals surface area (Å²) in [5.74, 6) is 1.77. The lowest BCUT2D eigenvalue weighted by Gasteiger charge is -2.55. The molecule has 3 aliphatic carbocycles. The van der Waals surface area contributed by atoms with Crippen molar-refractivity contribution in [1.29, 1.82) is 0 Å². The van der Waals surface area contributed by atoms with Gasteiger partial charge in [-0.1, -0.05) is 13.0 Å². The van der Waals surface area contributed by atoms with Crippen molar-refractivity contribution < 1.29 is 15.3 Å². The summed E-state index contributed by atoms with van der Waals surface area (Å²) in [6, 6.07) is 4.12. The normalized spacial score (nSPS) is 47.7. The van der Waals surface area contributed by atoms with Gasteiger partial charge in [-0.3, -0.25) is 0 Å². The van der Waals surface area contributed by atoms with Gasteiger partial charge in [-0.25, -0.2) is 0 Å². The smallest absolute Gasteiger partial charge is 0.102 e. The number of aliphatic hydroxyl groups is 3. The highest BCUT2D eigenvalue weighted by molar-refractivity contribution is 7.10. The minimum Gasteiger partial charge on any atom is -0.396 e. The molecule has 3 aliphatic rings. The monoisotopic (exact) mass is 393 g/mol. The Balaban J connectivity index is 1.60. The Labute approximate surface area is 166 Å². The molecule has 152 valence electrons. The second-order valence-electron chi connectivity index (χ2n) is 9.61. The van der Waals surface area contributed by atoms with Crippen molar-refractivity contribution in [2.75, 3.05) is 13.2 Å². The first-order valence-electron chi connectivity index (χ1n) is 10.7. The Morgan fingerprint density at radius 3 is 2.63 bits per heavy atom. The quantitative estimate of drug-likeness (QED) is 0.633. The topological polar surface area (TPSA) is 86.7 Å². The molecule has 27 heavy (non-hydrogen) atoms. The van der Waals surface area contributed by atoms with Gasteiger partial charge in [-0.15, -0.1) is 11.3 Å². The zero-order valence-corrected chi connectivity index (χ0v) is 17.2. The average molecular weight is 394 g/mol. The fourth-order valence-electron chi connectivity index (χ4n) is 7.12. The number of fused-ring (bicyclic) bond motifs is 1. The first-order valence-corrected chi connectivity index (χ1v) is 11.6. The van der Waals surface area contributed by atoms with Gasteiger partial charge in [0.05, 0.1) is 6.10 Å². The van der Waals surface area contributed by atoms with E-state index in [-0.39, 0.29) is 24.0 Å². The Bertz CT molecular complexity index is 638. The summed E-state index contributed by atoms with van der Waals surface area (Å²) in [4.78, 5) is 1.12. The summed E-state index contributed by atoms with van der Waals surface area (Å²) in [5, 5.41) is 33.8. The molecule has 0 radical (unpaired) electrons. The number of rotatable bonds is 4. The van der Waals surface area contributed by atoms with Crippen molar-refractivity contribution in [3.05, 3.63) is 22.4 Å². The van der Waals surface area contributed by atoms with E-state index in [4.69, 9.17) is 5.73 Å². The largest absolute Gasteiger partial charge is 0.396 e. The molecule has 0 amide bonds. The first kappa shape index (κ1) is 19.8. The second-order valence-corrected chi connectivity index (χ2v) is 10.6. The summed E-state index contributed by atoms with van der Waals surface area (Å²) < 4.78 is 0. The number of aliphatic hydroxyl groups excluding tert-OH is 2. The SMILES string of the molecule is C[C@]1([C@H]2CC[C@H]3[C@@H](CC[C@@]3(O)c3cccs3)[C@@H]2CN)CC[C@H](O)C[C@@H]1CO. The van der Waals surface area contributed by atoms with E-state index in [0.29, 0.717) is 36.6 Å². The zero-order chi connectivity index (χ0) is 19.2. The predicted octanol–water partition coefficient (Wildman–Crippen LogP) is 3.11. The van der Waals surface area contributed by atoms with Crippen molar-refractivity contribution >= 4 is 11.3 Å². The molecule has 0 bridgehead atoms. The van der Waals surface area contributed by atoms with Gasteiger partial charge in [0.2, 0.25) is 0 Å². The Morgan fingerprint density at radius 1 is 1.19 bits per heavy atom. The number of nitrogens with two attached hydrogens (primary N) is 1. The summed E-state index contributed by atoms with van der Waals surface area (Å²) in [6.45, 7) is 3.13. The van der Waals surface area contributed by atoms with Crippen LogP contribution in [0, 0.1) is 35.0 Å². The van der Waals surface area contributed by atoms with Crippen molar-refractivity contribution in [1.82, 2.24) is 0 Å². The highest BCUT2D eigenvalue weighted by atomic mass is 32.1. The molecule has 0 unspecified atom stereocenters. The predicted molar refractivity (Wildman–Crippen MR) is 108 cm³/mol. The van der Waals surface area contributed by atoms with Crippen LogP contribution < -0.4 is 5.73 Å². The van der Waals surface area contributed by atoms with Gasteiger partial charge >= 0.3 is 0 Å². The number of hydrogen-bond acceptors (Lipinski definition) is 5. The van der Waals surface area contributed by atoms with Crippen molar-refractivity contribution in [3.63, 3.8) is 0 Å². The molecule has 8 atom stereocenters. The van der Waals surface area contributed by atoms with Gasteiger partial charge < -0.3 is 21.1 Å². The lowest BCUT2D eigenvalue weighted by atomic mass is 9.51. The summed E-state index contributed by atoms with van der Waals surface area (Å²) in [5.41, 5.74) is 5.70. The molecule has 0 aromatic carbocycles. The zero-order valence-electron chi connectivity index (χ0n) is 16.4. The highest BCUT2D eigenvalue weighted by Crippen LogP contribution is 2.61. The van der Waals surface area contributed by atoms with Crippen LogP contribution in [0.1, 0.15) is 56.7 Å². The first-order chi connectivity index (χ1) is 12.9. The van der Waals surface area contributed by atoms with Gasteiger partial charge in [-0.2, -0.15) is 0 Å². The van der Waals surface area contributed by atoms with Crippen LogP contribution in [0.2, 0.25) is 0 Å². The average Bonchev–Trinajstić information content (AvgIpc) is 3.32. The third kappa shape index (κ3) is 3.10. The van der Waals surface area contributed by atoms with Crippen molar-refractivity contribution in [2.45, 2.75) is 63.6 Å². The highest BCUT2D eigenvalue weighted by Gasteiger charge is 2.58. The van der Waals surface area contributed by atoms with E-state index in [2.05, 4.69) is 18.4 Å². The van der Waals surface area contributed by atoms with E-state index >= 15 is 0 Å². The standard InChI is InChI=1S/C22H35NO3S/c1-21(8-6-15(25)11-14(21)13-24)18-4-5-19-16(17(18)12-23)7-9-22(19,26)20-3-2-10-27-20/h2-3,10,14-19,24-26H,4-9,11-13,23H2,1H3/t14-,15+,16+,17+,18+,19+,21+,22+/m1/s1. The van der Waals surface area contributed by atoms with Crippen LogP contribution in [-0.4, -0.2) is 34.6 Å². The van der Waals surface area contributed by atoms with E-state index in [1.54, 1.807) is 11.3 Å². The van der Waals surface area contributed by atoms with Gasteiger partial charge in [0.1, 0.15) is 5.60 Å². The van der Waals surface area contributed by atoms with E-state index in [0.717, 1.165) is 43.4 Å². The molecule has 5 heteroatoms. The van der Waals surface area contributed by atoms with Crippen LogP contribution in [0.25, 0.3) is 0 Å². The van der Waals surface area contributed by atoms with Crippen LogP contribution in [0.3, 0.4) is 0 Å². The third-order valence-corrected chi connectivity index (χ3v) is 9.67. The minimum atomic E-state index is -0.683. The van der Waals surface area contributed by atoms with E-state index in [9.17, 15) is 15.3 Å². The van der Waals surface area contributed by atoms with E-state index in [1.165, 1.54) is 0 Å². The molecule has 1 aromatic heterocycles. The Morgan fingerprint density at radius 2 is 1.96 bits per heavy atom. The molecule has 0 spiro atoms. The van der Waals surface area contributed by atoms with Gasteiger partial charge in [0, 0.05) is 11.5 Å². The van der Waals surface area contributed by atoms with Gasteiger partial charge in [0.25, 0.3) is 0 Å². The van der Waals surface area contributed by atoms with Gasteiger partial charge in [0.15, 0.2) is 0 Å². The van der Waals surface area contributed by atoms with Gasteiger partial charge in [-0.05, 0) is 97.9 Å². The maximum atomic E-state index is 11.6. The Hall–Kier alpha value is -0.460. The summed E-state index contributed by atoms with van der Waals surface area (Å²) >= 11 is 1.67. The molecule has 3 saturated carbocycles. The molecule has 5 N–H and O–H groups in total. The molecule has 1 heterocycles. The van der Waals surface area contributed by atoms with Crippen LogP contribution in [0.15, 0.2) is 17.5 Å². The second kappa shape index (κ2) is 7.42. The fourth-order valence-corrected chi connectivity index (χ4v) is 8.04. The fraction of sp³-hybridized carbons (Fsp3) is 0.818. The lowest BCUT2D eigenvalue weighted by molar-refractivity contribution is -0.103. The van der Waals surface area contributed by atoms with Crippen LogP contribution >= 0.6 is 11.3 Å². The molecule has 4 nitrogen and oxygen atoms in total. The summed E-state index contributed by atoms with van der Waals surface area (Å²) in [7, 11) is 0. The minimum absolute atomic E-state index is 0.0343. The van der Waals surface area contributed by atoms with Crippen LogP contribution in [0.5, 0.6) is 0 Å². The molecular formula is C22H35NO3S. The van der Waals surface area contributed by atoms with E-state index < -0.39 is 5.60 Å². The maximum Gasteiger partial charge on any atom is 0.102 e. The third-order valence-electron chi connectivity index (χ3n) is 8.64. The molecular weight excluding hydrogens is 358 g/mol. The lowest BCUT2D eigenvalue weighted by Crippen LogP contribution is -2.52. The number of hydrogen-bond donors (Lipinski definition) is 4. The van der Waals surface area contributed by atoms with Crippen LogP contribution in [-0.2, 0) is 5.60 Å².